The molecule has 1 aliphatic heterocycles. The van der Waals surface area contributed by atoms with Gasteiger partial charge in [-0.05, 0) is 61.1 Å². The number of aromatic nitrogens is 1. The van der Waals surface area contributed by atoms with E-state index in [4.69, 9.17) is 17.0 Å². The first kappa shape index (κ1) is 17.6. The smallest absolute Gasteiger partial charge is 0.174 e. The summed E-state index contributed by atoms with van der Waals surface area (Å²) in [4.78, 5) is 2.27. The molecule has 0 spiro atoms. The molecule has 2 heterocycles. The van der Waals surface area contributed by atoms with Gasteiger partial charge < -0.3 is 19.5 Å². The van der Waals surface area contributed by atoms with Crippen LogP contribution in [-0.2, 0) is 6.54 Å². The number of nitrogens with one attached hydrogen (secondary N) is 1. The van der Waals surface area contributed by atoms with Crippen LogP contribution in [0.5, 0.6) is 5.75 Å². The third kappa shape index (κ3) is 3.69. The van der Waals surface area contributed by atoms with Crippen molar-refractivity contribution in [2.24, 2.45) is 0 Å². The number of thiocarbonyl (C=S) groups is 1. The zero-order chi connectivity index (χ0) is 18.6. The van der Waals surface area contributed by atoms with Gasteiger partial charge >= 0.3 is 0 Å². The van der Waals surface area contributed by atoms with Crippen molar-refractivity contribution in [2.75, 3.05) is 18.5 Å². The molecular weight excluding hydrogens is 354 g/mol. The lowest BCUT2D eigenvalue weighted by Crippen LogP contribution is -2.44. The summed E-state index contributed by atoms with van der Waals surface area (Å²) in [5, 5.41) is 4.13. The molecule has 0 aliphatic carbocycles. The molecule has 0 unspecified atom stereocenters. The number of benzene rings is 2. The fraction of sp³-hybridized carbons (Fsp3) is 0.227. The molecule has 0 saturated heterocycles. The molecular formula is C22H23N3OS. The number of nitrogens with zero attached hydrogens (tertiary/aromatic N) is 2. The third-order valence-corrected chi connectivity index (χ3v) is 5.17. The van der Waals surface area contributed by atoms with Crippen LogP contribution in [0.3, 0.4) is 0 Å². The van der Waals surface area contributed by atoms with Crippen molar-refractivity contribution < 1.29 is 4.74 Å². The Balaban J connectivity index is 1.58. The quantitative estimate of drug-likeness (QED) is 0.668. The molecule has 27 heavy (non-hydrogen) atoms. The van der Waals surface area contributed by atoms with Crippen molar-refractivity contribution in [2.45, 2.75) is 19.5 Å². The van der Waals surface area contributed by atoms with Crippen LogP contribution >= 0.6 is 12.2 Å². The van der Waals surface area contributed by atoms with Gasteiger partial charge in [-0.2, -0.15) is 0 Å². The first-order chi connectivity index (χ1) is 13.3. The maximum absolute atomic E-state index is 5.79. The van der Waals surface area contributed by atoms with Crippen LogP contribution in [0.2, 0.25) is 0 Å². The van der Waals surface area contributed by atoms with Crippen molar-refractivity contribution in [3.63, 3.8) is 0 Å². The highest BCUT2D eigenvalue weighted by Gasteiger charge is 2.30. The molecule has 0 radical (unpaired) electrons. The minimum absolute atomic E-state index is 0.109. The molecule has 0 amide bonds. The molecule has 4 nitrogen and oxygen atoms in total. The first-order valence-electron chi connectivity index (χ1n) is 9.26. The van der Waals surface area contributed by atoms with E-state index in [1.807, 2.05) is 37.3 Å². The Labute approximate surface area is 165 Å². The zero-order valence-electron chi connectivity index (χ0n) is 15.3. The minimum Gasteiger partial charge on any atom is -0.494 e. The highest BCUT2D eigenvalue weighted by molar-refractivity contribution is 7.80. The molecule has 138 valence electrons. The highest BCUT2D eigenvalue weighted by Crippen LogP contribution is 2.33. The van der Waals surface area contributed by atoms with Crippen LogP contribution in [0, 0.1) is 0 Å². The van der Waals surface area contributed by atoms with Gasteiger partial charge in [0.15, 0.2) is 5.11 Å². The Bertz CT molecular complexity index is 905. The third-order valence-electron chi connectivity index (χ3n) is 4.83. The number of rotatable bonds is 4. The van der Waals surface area contributed by atoms with E-state index < -0.39 is 0 Å². The number of anilines is 1. The topological polar surface area (TPSA) is 29.4 Å². The minimum atomic E-state index is 0.109. The molecule has 0 saturated carbocycles. The van der Waals surface area contributed by atoms with E-state index in [9.17, 15) is 0 Å². The molecule has 5 heteroatoms. The molecule has 1 aliphatic rings. The van der Waals surface area contributed by atoms with Gasteiger partial charge in [0.25, 0.3) is 0 Å². The largest absolute Gasteiger partial charge is 0.494 e. The van der Waals surface area contributed by atoms with Gasteiger partial charge in [-0.15, -0.1) is 0 Å². The van der Waals surface area contributed by atoms with Gasteiger partial charge in [-0.3, -0.25) is 0 Å². The predicted octanol–water partition coefficient (Wildman–Crippen LogP) is 4.69. The average Bonchev–Trinajstić information content (AvgIpc) is 3.18. The molecule has 0 fully saturated rings. The lowest BCUT2D eigenvalue weighted by molar-refractivity contribution is 0.293. The van der Waals surface area contributed by atoms with E-state index in [1.165, 1.54) is 11.3 Å². The Hall–Kier alpha value is -2.79. The maximum Gasteiger partial charge on any atom is 0.174 e. The first-order valence-corrected chi connectivity index (χ1v) is 9.67. The molecule has 0 bridgehead atoms. The van der Waals surface area contributed by atoms with Gasteiger partial charge in [-0.1, -0.05) is 30.3 Å². The van der Waals surface area contributed by atoms with Crippen LogP contribution in [0.1, 0.15) is 24.2 Å². The zero-order valence-corrected chi connectivity index (χ0v) is 16.2. The van der Waals surface area contributed by atoms with E-state index in [-0.39, 0.29) is 6.04 Å². The van der Waals surface area contributed by atoms with Crippen molar-refractivity contribution in [3.8, 4) is 5.75 Å². The van der Waals surface area contributed by atoms with Gasteiger partial charge in [0.2, 0.25) is 0 Å². The number of fused-ring (bicyclic) bond motifs is 1. The Morgan fingerprint density at radius 3 is 2.56 bits per heavy atom. The van der Waals surface area contributed by atoms with Gasteiger partial charge in [0, 0.05) is 30.7 Å². The summed E-state index contributed by atoms with van der Waals surface area (Å²) in [6.45, 7) is 4.44. The highest BCUT2D eigenvalue weighted by atomic mass is 32.1. The van der Waals surface area contributed by atoms with E-state index in [0.29, 0.717) is 6.61 Å². The summed E-state index contributed by atoms with van der Waals surface area (Å²) in [5.74, 6) is 0.868. The monoisotopic (exact) mass is 377 g/mol. The Morgan fingerprint density at radius 1 is 1.04 bits per heavy atom. The summed E-state index contributed by atoms with van der Waals surface area (Å²) in [5.41, 5.74) is 3.48. The summed E-state index contributed by atoms with van der Waals surface area (Å²) in [6.07, 6.45) is 2.14. The fourth-order valence-electron chi connectivity index (χ4n) is 3.58. The van der Waals surface area contributed by atoms with Crippen LogP contribution in [0.25, 0.3) is 0 Å². The lowest BCUT2D eigenvalue weighted by atomic mass is 10.0. The van der Waals surface area contributed by atoms with E-state index >= 15 is 0 Å². The molecule has 1 aromatic heterocycles. The normalized spacial score (nSPS) is 15.9. The van der Waals surface area contributed by atoms with Crippen molar-refractivity contribution in [1.29, 1.82) is 0 Å². The fourth-order valence-corrected chi connectivity index (χ4v) is 3.90. The van der Waals surface area contributed by atoms with Crippen molar-refractivity contribution in [3.05, 3.63) is 84.2 Å². The van der Waals surface area contributed by atoms with E-state index in [2.05, 4.69) is 57.4 Å². The van der Waals surface area contributed by atoms with Gasteiger partial charge in [-0.25, -0.2) is 0 Å². The van der Waals surface area contributed by atoms with Crippen LogP contribution in [0.15, 0.2) is 72.9 Å². The lowest BCUT2D eigenvalue weighted by Gasteiger charge is -2.39. The standard InChI is InChI=1S/C22H23N3OS/c1-2-26-19-12-10-18(11-13-19)23-22(27)25-16-15-24-14-6-9-20(24)21(25)17-7-4-3-5-8-17/h3-14,21H,2,15-16H2,1H3,(H,23,27)/t21-/m1/s1. The van der Waals surface area contributed by atoms with Crippen LogP contribution in [0.4, 0.5) is 5.69 Å². The molecule has 2 aromatic carbocycles. The van der Waals surface area contributed by atoms with Gasteiger partial charge in [0.1, 0.15) is 5.75 Å². The van der Waals surface area contributed by atoms with E-state index in [0.717, 1.165) is 29.6 Å². The summed E-state index contributed by atoms with van der Waals surface area (Å²) in [6, 6.07) is 22.9. The predicted molar refractivity (Wildman–Crippen MR) is 113 cm³/mol. The van der Waals surface area contributed by atoms with Crippen molar-refractivity contribution >= 4 is 23.0 Å². The Morgan fingerprint density at radius 2 is 1.81 bits per heavy atom. The second kappa shape index (κ2) is 7.84. The molecule has 1 N–H and O–H groups in total. The molecule has 4 rings (SSSR count). The van der Waals surface area contributed by atoms with Gasteiger partial charge in [0.05, 0.1) is 12.6 Å². The summed E-state index contributed by atoms with van der Waals surface area (Å²) < 4.78 is 7.83. The van der Waals surface area contributed by atoms with Crippen LogP contribution < -0.4 is 10.1 Å². The summed E-state index contributed by atoms with van der Waals surface area (Å²) >= 11 is 5.79. The summed E-state index contributed by atoms with van der Waals surface area (Å²) in [7, 11) is 0. The van der Waals surface area contributed by atoms with E-state index in [1.54, 1.807) is 0 Å². The molecule has 3 aromatic rings. The maximum atomic E-state index is 5.79. The number of hydrogen-bond donors (Lipinski definition) is 1. The van der Waals surface area contributed by atoms with Crippen LogP contribution in [-0.4, -0.2) is 27.7 Å². The number of hydrogen-bond acceptors (Lipinski definition) is 2. The second-order valence-corrected chi connectivity index (χ2v) is 6.91. The van der Waals surface area contributed by atoms with Crippen molar-refractivity contribution in [1.82, 2.24) is 9.47 Å². The molecule has 1 atom stereocenters. The second-order valence-electron chi connectivity index (χ2n) is 6.52. The average molecular weight is 378 g/mol. The Kier molecular flexibility index (Phi) is 5.12. The number of ether oxygens (including phenoxy) is 1. The SMILES string of the molecule is CCOc1ccc(NC(=S)N2CCn3cccc3[C@H]2c2ccccc2)cc1.